The molecule has 186 valence electrons. The monoisotopic (exact) mass is 478 g/mol. The summed E-state index contributed by atoms with van der Waals surface area (Å²) in [5.41, 5.74) is -0.919. The molecule has 1 aliphatic heterocycles. The SMILES string of the molecule is C.C.CCC(C)(C)C(=O)OC1C2CC3C1OC(=O)C3C2C(=O)OC(C(F)(F)F)C(F)(F)F. The highest BCUT2D eigenvalue weighted by atomic mass is 19.4. The van der Waals surface area contributed by atoms with Crippen molar-refractivity contribution in [2.75, 3.05) is 0 Å². The predicted molar refractivity (Wildman–Crippen MR) is 97.9 cm³/mol. The molecule has 6 atom stereocenters. The Morgan fingerprint density at radius 2 is 1.59 bits per heavy atom. The first-order valence-corrected chi connectivity index (χ1v) is 9.35. The summed E-state index contributed by atoms with van der Waals surface area (Å²) in [4.78, 5) is 37.0. The first kappa shape index (κ1) is 28.0. The summed E-state index contributed by atoms with van der Waals surface area (Å²) >= 11 is 0. The van der Waals surface area contributed by atoms with Crippen LogP contribution in [0.1, 0.15) is 48.5 Å². The number of halogens is 6. The molecule has 2 aliphatic carbocycles. The molecule has 3 aliphatic rings. The lowest BCUT2D eigenvalue weighted by Crippen LogP contribution is -2.50. The number of ether oxygens (including phenoxy) is 3. The van der Waals surface area contributed by atoms with E-state index >= 15 is 0 Å². The Bertz CT molecular complexity index is 732. The third-order valence-electron chi connectivity index (χ3n) is 6.33. The van der Waals surface area contributed by atoms with E-state index in [-0.39, 0.29) is 21.3 Å². The molecule has 0 radical (unpaired) electrons. The highest BCUT2D eigenvalue weighted by Crippen LogP contribution is 2.59. The number of rotatable bonds is 5. The van der Waals surface area contributed by atoms with E-state index in [1.807, 2.05) is 0 Å². The largest absolute Gasteiger partial charge is 0.458 e. The number of hydrogen-bond donors (Lipinski definition) is 0. The molecule has 3 fully saturated rings. The smallest absolute Gasteiger partial charge is 0.434 e. The Morgan fingerprint density at radius 3 is 2.06 bits per heavy atom. The average molecular weight is 478 g/mol. The molecule has 0 N–H and O–H groups in total. The molecule has 0 amide bonds. The van der Waals surface area contributed by atoms with Crippen molar-refractivity contribution in [2.24, 2.45) is 29.1 Å². The van der Waals surface area contributed by atoms with Crippen LogP contribution in [-0.2, 0) is 28.6 Å². The van der Waals surface area contributed by atoms with E-state index in [1.54, 1.807) is 20.8 Å². The van der Waals surface area contributed by atoms with Crippen molar-refractivity contribution in [1.29, 1.82) is 0 Å². The zero-order valence-electron chi connectivity index (χ0n) is 16.2. The fourth-order valence-electron chi connectivity index (χ4n) is 4.41. The Hall–Kier alpha value is -2.01. The molecule has 0 aromatic heterocycles. The van der Waals surface area contributed by atoms with Gasteiger partial charge in [-0.3, -0.25) is 14.4 Å². The first-order valence-electron chi connectivity index (χ1n) is 9.35. The molecule has 1 saturated heterocycles. The molecule has 12 heteroatoms. The molecule has 6 unspecified atom stereocenters. The molecule has 0 aromatic rings. The highest BCUT2D eigenvalue weighted by molar-refractivity contribution is 5.86. The molecule has 6 nitrogen and oxygen atoms in total. The van der Waals surface area contributed by atoms with Gasteiger partial charge in [-0.1, -0.05) is 21.8 Å². The van der Waals surface area contributed by atoms with Crippen molar-refractivity contribution >= 4 is 17.9 Å². The first-order chi connectivity index (χ1) is 13.6. The van der Waals surface area contributed by atoms with E-state index in [0.29, 0.717) is 6.42 Å². The molecular weight excluding hydrogens is 450 g/mol. The van der Waals surface area contributed by atoms with Gasteiger partial charge in [-0.05, 0) is 26.7 Å². The lowest BCUT2D eigenvalue weighted by molar-refractivity contribution is -0.315. The highest BCUT2D eigenvalue weighted by Gasteiger charge is 2.71. The number of hydrogen-bond acceptors (Lipinski definition) is 6. The van der Waals surface area contributed by atoms with E-state index in [4.69, 9.17) is 9.47 Å². The third kappa shape index (κ3) is 4.54. The summed E-state index contributed by atoms with van der Waals surface area (Å²) in [6.07, 6.45) is -17.6. The zero-order valence-corrected chi connectivity index (χ0v) is 16.2. The number of alkyl halides is 6. The minimum absolute atomic E-state index is 0. The van der Waals surface area contributed by atoms with Gasteiger partial charge in [0.25, 0.3) is 6.10 Å². The normalized spacial score (nSPS) is 31.0. The number of esters is 3. The second-order valence-corrected chi connectivity index (χ2v) is 8.52. The molecule has 2 bridgehead atoms. The fraction of sp³-hybridized carbons (Fsp3) is 0.850. The van der Waals surface area contributed by atoms with Gasteiger partial charge in [0.15, 0.2) is 0 Å². The van der Waals surface area contributed by atoms with Crippen LogP contribution in [0.5, 0.6) is 0 Å². The van der Waals surface area contributed by atoms with Gasteiger partial charge in [0.1, 0.15) is 12.2 Å². The van der Waals surface area contributed by atoms with Crippen molar-refractivity contribution in [1.82, 2.24) is 0 Å². The Kier molecular flexibility index (Phi) is 7.65. The average Bonchev–Trinajstić information content (AvgIpc) is 3.20. The van der Waals surface area contributed by atoms with Crippen LogP contribution < -0.4 is 0 Å². The van der Waals surface area contributed by atoms with Crippen LogP contribution in [0.15, 0.2) is 0 Å². The van der Waals surface area contributed by atoms with Crippen molar-refractivity contribution < 1.29 is 54.9 Å². The summed E-state index contributed by atoms with van der Waals surface area (Å²) < 4.78 is 91.1. The van der Waals surface area contributed by atoms with E-state index in [1.165, 1.54) is 0 Å². The van der Waals surface area contributed by atoms with Crippen LogP contribution in [0.2, 0.25) is 0 Å². The summed E-state index contributed by atoms with van der Waals surface area (Å²) in [7, 11) is 0. The van der Waals surface area contributed by atoms with Crippen molar-refractivity contribution in [3.63, 3.8) is 0 Å². The van der Waals surface area contributed by atoms with Crippen LogP contribution in [-0.4, -0.2) is 48.6 Å². The van der Waals surface area contributed by atoms with E-state index < -0.39 is 77.7 Å². The molecule has 3 rings (SSSR count). The van der Waals surface area contributed by atoms with Gasteiger partial charge in [-0.2, -0.15) is 26.3 Å². The molecule has 1 heterocycles. The lowest BCUT2D eigenvalue weighted by Gasteiger charge is -2.33. The quantitative estimate of drug-likeness (QED) is 0.330. The summed E-state index contributed by atoms with van der Waals surface area (Å²) in [6, 6.07) is 0. The second-order valence-electron chi connectivity index (χ2n) is 8.52. The molecule has 32 heavy (non-hydrogen) atoms. The van der Waals surface area contributed by atoms with Crippen LogP contribution in [0.4, 0.5) is 26.3 Å². The Morgan fingerprint density at radius 1 is 1.06 bits per heavy atom. The maximum atomic E-state index is 12.8. The molecule has 0 aromatic carbocycles. The van der Waals surface area contributed by atoms with Gasteiger partial charge >= 0.3 is 30.3 Å². The van der Waals surface area contributed by atoms with Crippen LogP contribution in [0.3, 0.4) is 0 Å². The van der Waals surface area contributed by atoms with Gasteiger partial charge in [-0.25, -0.2) is 0 Å². The number of fused-ring (bicyclic) bond motifs is 1. The van der Waals surface area contributed by atoms with Gasteiger partial charge in [-0.15, -0.1) is 0 Å². The van der Waals surface area contributed by atoms with Crippen LogP contribution >= 0.6 is 0 Å². The maximum Gasteiger partial charge on any atom is 0.434 e. The molecular formula is C20H28F6O6. The minimum Gasteiger partial charge on any atom is -0.458 e. The van der Waals surface area contributed by atoms with Crippen molar-refractivity contribution in [3.05, 3.63) is 0 Å². The molecule has 2 saturated carbocycles. The maximum absolute atomic E-state index is 12.8. The fourth-order valence-corrected chi connectivity index (χ4v) is 4.41. The van der Waals surface area contributed by atoms with E-state index in [0.717, 1.165) is 0 Å². The Balaban J connectivity index is 0.00000256. The summed E-state index contributed by atoms with van der Waals surface area (Å²) in [5, 5.41) is 0. The number of carbonyl (C=O) groups excluding carboxylic acids is 3. The van der Waals surface area contributed by atoms with E-state index in [9.17, 15) is 40.7 Å². The predicted octanol–water partition coefficient (Wildman–Crippen LogP) is 4.45. The summed E-state index contributed by atoms with van der Waals surface area (Å²) in [5.74, 6) is -7.84. The topological polar surface area (TPSA) is 78.9 Å². The standard InChI is InChI=1S/C18H20F6O6.2CH4/c1-4-16(2,3)15(27)29-11-7-5-6-8(12(25)28-10(6)11)9(7)13(26)30-14(17(19,20)21)18(22,23)24;;/h6-11,14H,4-5H2,1-3H3;2*1H4. The van der Waals surface area contributed by atoms with Gasteiger partial charge < -0.3 is 14.2 Å². The Labute approximate surface area is 181 Å². The van der Waals surface area contributed by atoms with Crippen molar-refractivity contribution in [2.45, 2.75) is 79.1 Å². The zero-order chi connectivity index (χ0) is 22.8. The lowest BCUT2D eigenvalue weighted by atomic mass is 9.78. The molecule has 0 spiro atoms. The van der Waals surface area contributed by atoms with Crippen molar-refractivity contribution in [3.8, 4) is 0 Å². The van der Waals surface area contributed by atoms with Gasteiger partial charge in [0, 0.05) is 11.8 Å². The minimum atomic E-state index is -5.87. The second kappa shape index (κ2) is 8.74. The summed E-state index contributed by atoms with van der Waals surface area (Å²) in [6.45, 7) is 4.91. The van der Waals surface area contributed by atoms with E-state index in [2.05, 4.69) is 4.74 Å². The third-order valence-corrected chi connectivity index (χ3v) is 6.33. The van der Waals surface area contributed by atoms with Crippen LogP contribution in [0, 0.1) is 29.1 Å². The van der Waals surface area contributed by atoms with Gasteiger partial charge in [0.2, 0.25) is 0 Å². The van der Waals surface area contributed by atoms with Crippen LogP contribution in [0.25, 0.3) is 0 Å². The number of carbonyl (C=O) groups is 3. The van der Waals surface area contributed by atoms with Gasteiger partial charge in [0.05, 0.1) is 17.3 Å².